The quantitative estimate of drug-likeness (QED) is 0.662. The van der Waals surface area contributed by atoms with Crippen LogP contribution in [0.4, 0.5) is 11.6 Å². The Kier molecular flexibility index (Phi) is 3.46. The van der Waals surface area contributed by atoms with Gasteiger partial charge in [-0.15, -0.1) is 0 Å². The van der Waals surface area contributed by atoms with Crippen LogP contribution in [0.25, 0.3) is 4.96 Å². The zero-order chi connectivity index (χ0) is 15.1. The van der Waals surface area contributed by atoms with E-state index < -0.39 is 19.5 Å². The summed E-state index contributed by atoms with van der Waals surface area (Å²) in [5, 5.41) is 15.6. The third-order valence-corrected chi connectivity index (χ3v) is 6.00. The Labute approximate surface area is 119 Å². The monoisotopic (exact) mass is 318 g/mol. The third-order valence-electron chi connectivity index (χ3n) is 3.10. The highest BCUT2D eigenvalue weighted by molar-refractivity contribution is 7.92. The Bertz CT molecular complexity index is 759. The van der Waals surface area contributed by atoms with Gasteiger partial charge in [0.2, 0.25) is 5.82 Å². The number of hydrogen-bond donors (Lipinski definition) is 1. The molecule has 0 aromatic carbocycles. The predicted molar refractivity (Wildman–Crippen MR) is 77.1 cm³/mol. The fourth-order valence-electron chi connectivity index (χ4n) is 1.49. The Hall–Kier alpha value is -1.68. The summed E-state index contributed by atoms with van der Waals surface area (Å²) >= 11 is 1.27. The largest absolute Gasteiger partial charge is 0.372 e. The van der Waals surface area contributed by atoms with E-state index in [0.717, 1.165) is 6.26 Å². The standard InChI is InChI=1S/C10H14N4O4S2/c1-10(2,20(3,17)18)6-11-7-8(14(15)16)13-4-5-19-9(13)12-7/h4-5,11H,6H2,1-3H3. The smallest absolute Gasteiger partial charge is 0.361 e. The molecular weight excluding hydrogens is 304 g/mol. The third kappa shape index (κ3) is 2.48. The molecule has 10 heteroatoms. The Morgan fingerprint density at radius 1 is 1.55 bits per heavy atom. The van der Waals surface area contributed by atoms with E-state index >= 15 is 0 Å². The molecule has 0 unspecified atom stereocenters. The average molecular weight is 318 g/mol. The molecule has 0 aliphatic heterocycles. The summed E-state index contributed by atoms with van der Waals surface area (Å²) in [7, 11) is -3.29. The van der Waals surface area contributed by atoms with E-state index in [1.54, 1.807) is 25.4 Å². The molecule has 0 saturated heterocycles. The normalized spacial score (nSPS) is 12.8. The van der Waals surface area contributed by atoms with Gasteiger partial charge < -0.3 is 15.4 Å². The first-order chi connectivity index (χ1) is 9.13. The van der Waals surface area contributed by atoms with Gasteiger partial charge in [-0.05, 0) is 18.8 Å². The average Bonchev–Trinajstić information content (AvgIpc) is 2.82. The van der Waals surface area contributed by atoms with Crippen LogP contribution in [-0.4, -0.2) is 40.3 Å². The lowest BCUT2D eigenvalue weighted by Crippen LogP contribution is -2.38. The summed E-state index contributed by atoms with van der Waals surface area (Å²) in [6.07, 6.45) is 2.69. The highest BCUT2D eigenvalue weighted by atomic mass is 32.2. The Morgan fingerprint density at radius 2 is 2.20 bits per heavy atom. The van der Waals surface area contributed by atoms with Gasteiger partial charge in [-0.1, -0.05) is 11.3 Å². The van der Waals surface area contributed by atoms with Crippen molar-refractivity contribution in [2.75, 3.05) is 18.1 Å². The fraction of sp³-hybridized carbons (Fsp3) is 0.500. The second kappa shape index (κ2) is 4.70. The van der Waals surface area contributed by atoms with Gasteiger partial charge in [-0.25, -0.2) is 8.42 Å². The number of nitrogens with zero attached hydrogens (tertiary/aromatic N) is 3. The number of aromatic nitrogens is 2. The first kappa shape index (κ1) is 14.7. The maximum atomic E-state index is 11.6. The molecule has 0 aliphatic carbocycles. The number of imidazole rings is 1. The van der Waals surface area contributed by atoms with Crippen LogP contribution in [0.2, 0.25) is 0 Å². The van der Waals surface area contributed by atoms with Gasteiger partial charge in [0.15, 0.2) is 9.84 Å². The minimum atomic E-state index is -3.29. The topological polar surface area (TPSA) is 107 Å². The molecule has 1 N–H and O–H groups in total. The molecule has 0 atom stereocenters. The molecule has 0 amide bonds. The lowest BCUT2D eigenvalue weighted by Gasteiger charge is -2.22. The van der Waals surface area contributed by atoms with Crippen molar-refractivity contribution in [3.63, 3.8) is 0 Å². The van der Waals surface area contributed by atoms with E-state index in [0.29, 0.717) is 4.96 Å². The summed E-state index contributed by atoms with van der Waals surface area (Å²) in [5.41, 5.74) is 0. The van der Waals surface area contributed by atoms with E-state index in [-0.39, 0.29) is 18.2 Å². The number of nitro groups is 1. The molecule has 8 nitrogen and oxygen atoms in total. The summed E-state index contributed by atoms with van der Waals surface area (Å²) in [4.78, 5) is 15.2. The van der Waals surface area contributed by atoms with Crippen molar-refractivity contribution in [1.29, 1.82) is 0 Å². The number of rotatable bonds is 5. The molecule has 2 heterocycles. The van der Waals surface area contributed by atoms with Gasteiger partial charge in [-0.3, -0.25) is 0 Å². The first-order valence-electron chi connectivity index (χ1n) is 5.67. The molecule has 20 heavy (non-hydrogen) atoms. The Morgan fingerprint density at radius 3 is 2.75 bits per heavy atom. The molecule has 0 saturated carbocycles. The first-order valence-corrected chi connectivity index (χ1v) is 8.44. The molecule has 0 radical (unpaired) electrons. The number of thiazole rings is 1. The minimum Gasteiger partial charge on any atom is -0.361 e. The highest BCUT2D eigenvalue weighted by Crippen LogP contribution is 2.28. The Balaban J connectivity index is 2.33. The highest BCUT2D eigenvalue weighted by Gasteiger charge is 2.32. The van der Waals surface area contributed by atoms with Crippen molar-refractivity contribution < 1.29 is 13.3 Å². The van der Waals surface area contributed by atoms with E-state index in [1.807, 2.05) is 0 Å². The van der Waals surface area contributed by atoms with E-state index in [1.165, 1.54) is 15.7 Å². The van der Waals surface area contributed by atoms with Crippen molar-refractivity contribution in [2.45, 2.75) is 18.6 Å². The molecule has 0 fully saturated rings. The van der Waals surface area contributed by atoms with Crippen LogP contribution in [0.1, 0.15) is 13.8 Å². The predicted octanol–water partition coefficient (Wildman–Crippen LogP) is 1.54. The molecule has 110 valence electrons. The van der Waals surface area contributed by atoms with Crippen molar-refractivity contribution >= 4 is 37.8 Å². The van der Waals surface area contributed by atoms with Gasteiger partial charge in [0.05, 0.1) is 4.75 Å². The van der Waals surface area contributed by atoms with Crippen LogP contribution >= 0.6 is 11.3 Å². The number of fused-ring (bicyclic) bond motifs is 1. The van der Waals surface area contributed by atoms with Crippen LogP contribution in [0.5, 0.6) is 0 Å². The van der Waals surface area contributed by atoms with E-state index in [2.05, 4.69) is 10.3 Å². The van der Waals surface area contributed by atoms with E-state index in [9.17, 15) is 18.5 Å². The maximum absolute atomic E-state index is 11.6. The lowest BCUT2D eigenvalue weighted by molar-refractivity contribution is -0.389. The van der Waals surface area contributed by atoms with Gasteiger partial charge in [0.1, 0.15) is 6.20 Å². The molecule has 2 aromatic heterocycles. The molecule has 0 bridgehead atoms. The van der Waals surface area contributed by atoms with E-state index in [4.69, 9.17) is 0 Å². The zero-order valence-corrected chi connectivity index (χ0v) is 12.8. The minimum absolute atomic E-state index is 0.0392. The number of hydrogen-bond acceptors (Lipinski definition) is 7. The van der Waals surface area contributed by atoms with Crippen molar-refractivity contribution in [3.05, 3.63) is 21.7 Å². The maximum Gasteiger partial charge on any atom is 0.372 e. The van der Waals surface area contributed by atoms with Crippen molar-refractivity contribution in [3.8, 4) is 0 Å². The lowest BCUT2D eigenvalue weighted by atomic mass is 10.2. The summed E-state index contributed by atoms with van der Waals surface area (Å²) in [6.45, 7) is 3.15. The van der Waals surface area contributed by atoms with Crippen LogP contribution in [0.3, 0.4) is 0 Å². The summed E-state index contributed by atoms with van der Waals surface area (Å²) in [6, 6.07) is 0. The van der Waals surface area contributed by atoms with Crippen LogP contribution in [-0.2, 0) is 9.84 Å². The number of sulfone groups is 1. The molecule has 0 aliphatic rings. The number of anilines is 1. The van der Waals surface area contributed by atoms with Crippen LogP contribution < -0.4 is 5.32 Å². The van der Waals surface area contributed by atoms with Gasteiger partial charge >= 0.3 is 5.82 Å². The fourth-order valence-corrected chi connectivity index (χ4v) is 2.54. The zero-order valence-electron chi connectivity index (χ0n) is 11.2. The van der Waals surface area contributed by atoms with Crippen molar-refractivity contribution in [1.82, 2.24) is 9.38 Å². The number of nitrogens with one attached hydrogen (secondary N) is 1. The van der Waals surface area contributed by atoms with Crippen LogP contribution in [0.15, 0.2) is 11.6 Å². The molecular formula is C10H14N4O4S2. The summed E-state index contributed by atoms with van der Waals surface area (Å²) in [5.74, 6) is -0.107. The molecule has 2 rings (SSSR count). The van der Waals surface area contributed by atoms with Gasteiger partial charge in [0.25, 0.3) is 4.96 Å². The van der Waals surface area contributed by atoms with Crippen LogP contribution in [0, 0.1) is 10.1 Å². The second-order valence-electron chi connectivity index (χ2n) is 4.98. The molecule has 2 aromatic rings. The second-order valence-corrected chi connectivity index (χ2v) is 8.50. The van der Waals surface area contributed by atoms with Gasteiger partial charge in [-0.2, -0.15) is 9.38 Å². The van der Waals surface area contributed by atoms with Gasteiger partial charge in [0, 0.05) is 18.2 Å². The SMILES string of the molecule is CC(C)(CNc1nc2sccn2c1[N+](=O)[O-])S(C)(=O)=O. The summed E-state index contributed by atoms with van der Waals surface area (Å²) < 4.78 is 23.6. The van der Waals surface area contributed by atoms with Crippen molar-refractivity contribution in [2.24, 2.45) is 0 Å². The molecule has 0 spiro atoms.